The van der Waals surface area contributed by atoms with Gasteiger partial charge in [0.2, 0.25) is 5.91 Å². The molecule has 0 aliphatic carbocycles. The Balaban J connectivity index is 1.85. The summed E-state index contributed by atoms with van der Waals surface area (Å²) < 4.78 is 1.71. The summed E-state index contributed by atoms with van der Waals surface area (Å²) in [6, 6.07) is 7.36. The molecule has 0 aliphatic heterocycles. The molecule has 0 aliphatic rings. The third-order valence-electron chi connectivity index (χ3n) is 4.41. The average molecular weight is 364 g/mol. The summed E-state index contributed by atoms with van der Waals surface area (Å²) in [4.78, 5) is 33.1. The molecule has 0 fully saturated rings. The summed E-state index contributed by atoms with van der Waals surface area (Å²) >= 11 is 0. The van der Waals surface area contributed by atoms with E-state index in [1.54, 1.807) is 29.2 Å². The van der Waals surface area contributed by atoms with Gasteiger partial charge in [0.1, 0.15) is 5.82 Å². The lowest BCUT2D eigenvalue weighted by Gasteiger charge is -2.08. The Morgan fingerprint density at radius 1 is 1.07 bits per heavy atom. The molecule has 0 unspecified atom stereocenters. The van der Waals surface area contributed by atoms with Crippen LogP contribution in [-0.2, 0) is 11.3 Å². The molecule has 0 atom stereocenters. The number of unbranched alkanes of at least 4 members (excludes halogenated alkanes) is 1. The molecule has 0 spiro atoms. The Bertz CT molecular complexity index is 993. The monoisotopic (exact) mass is 364 g/mol. The van der Waals surface area contributed by atoms with Crippen molar-refractivity contribution in [3.8, 4) is 11.1 Å². The molecule has 0 saturated carbocycles. The molecule has 0 aromatic carbocycles. The van der Waals surface area contributed by atoms with Gasteiger partial charge in [0.25, 0.3) is 5.56 Å². The number of pyridine rings is 3. The number of rotatable bonds is 7. The third-order valence-corrected chi connectivity index (χ3v) is 4.41. The highest BCUT2D eigenvalue weighted by Crippen LogP contribution is 2.21. The number of fused-ring (bicyclic) bond motifs is 1. The highest BCUT2D eigenvalue weighted by atomic mass is 16.1. The van der Waals surface area contributed by atoms with Crippen molar-refractivity contribution in [1.82, 2.24) is 14.5 Å². The number of aryl methyl sites for hydroxylation is 1. The first-order valence-corrected chi connectivity index (χ1v) is 9.38. The first-order chi connectivity index (χ1) is 13.1. The van der Waals surface area contributed by atoms with Gasteiger partial charge in [-0.3, -0.25) is 14.6 Å². The van der Waals surface area contributed by atoms with E-state index in [2.05, 4.69) is 22.2 Å². The topological polar surface area (TPSA) is 76.9 Å². The molecule has 0 saturated heterocycles. The van der Waals surface area contributed by atoms with E-state index in [4.69, 9.17) is 0 Å². The molecule has 3 rings (SSSR count). The minimum absolute atomic E-state index is 0.0269. The molecular formula is C21H24N4O2. The van der Waals surface area contributed by atoms with Crippen LogP contribution in [0.15, 0.2) is 47.7 Å². The van der Waals surface area contributed by atoms with Gasteiger partial charge >= 0.3 is 0 Å². The number of amides is 1. The lowest BCUT2D eigenvalue weighted by Crippen LogP contribution is -2.19. The van der Waals surface area contributed by atoms with Crippen LogP contribution >= 0.6 is 0 Å². The van der Waals surface area contributed by atoms with Crippen LogP contribution in [0.25, 0.3) is 22.0 Å². The summed E-state index contributed by atoms with van der Waals surface area (Å²) in [7, 11) is 0. The molecule has 27 heavy (non-hydrogen) atoms. The summed E-state index contributed by atoms with van der Waals surface area (Å²) in [6.07, 6.45) is 8.45. The van der Waals surface area contributed by atoms with Gasteiger partial charge in [-0.1, -0.05) is 20.3 Å². The first-order valence-electron chi connectivity index (χ1n) is 9.38. The predicted molar refractivity (Wildman–Crippen MR) is 108 cm³/mol. The molecule has 0 radical (unpaired) electrons. The van der Waals surface area contributed by atoms with E-state index in [9.17, 15) is 9.59 Å². The van der Waals surface area contributed by atoms with Crippen molar-refractivity contribution in [1.29, 1.82) is 0 Å². The summed E-state index contributed by atoms with van der Waals surface area (Å²) in [5, 5.41) is 3.39. The Hall–Kier alpha value is -3.02. The Kier molecular flexibility index (Phi) is 5.96. The Labute approximate surface area is 158 Å². The fourth-order valence-corrected chi connectivity index (χ4v) is 2.92. The van der Waals surface area contributed by atoms with Crippen LogP contribution in [-0.4, -0.2) is 20.4 Å². The maximum absolute atomic E-state index is 12.6. The normalized spacial score (nSPS) is 10.9. The lowest BCUT2D eigenvalue weighted by molar-refractivity contribution is -0.116. The molecule has 1 N–H and O–H groups in total. The van der Waals surface area contributed by atoms with Crippen LogP contribution in [0.3, 0.4) is 0 Å². The Morgan fingerprint density at radius 2 is 1.89 bits per heavy atom. The zero-order valence-electron chi connectivity index (χ0n) is 15.7. The van der Waals surface area contributed by atoms with Crippen molar-refractivity contribution >= 4 is 22.6 Å². The standard InChI is InChI=1S/C21H24N4O2/c1-3-5-6-20(26)24-19-8-7-15(13-23-19)16-12-17-18(22-14-16)9-11-25(10-4-2)21(17)27/h7-9,11-14H,3-6,10H2,1-2H3,(H,23,24,26). The number of nitrogens with zero attached hydrogens (tertiary/aromatic N) is 3. The van der Waals surface area contributed by atoms with Crippen LogP contribution in [0.4, 0.5) is 5.82 Å². The van der Waals surface area contributed by atoms with Crippen molar-refractivity contribution in [3.63, 3.8) is 0 Å². The molecular weight excluding hydrogens is 340 g/mol. The Morgan fingerprint density at radius 3 is 2.59 bits per heavy atom. The quantitative estimate of drug-likeness (QED) is 0.687. The second-order valence-corrected chi connectivity index (χ2v) is 6.55. The summed E-state index contributed by atoms with van der Waals surface area (Å²) in [6.45, 7) is 4.78. The van der Waals surface area contributed by atoms with Crippen LogP contribution in [0, 0.1) is 0 Å². The van der Waals surface area contributed by atoms with Crippen LogP contribution in [0.1, 0.15) is 39.5 Å². The van der Waals surface area contributed by atoms with Crippen LogP contribution in [0.2, 0.25) is 0 Å². The smallest absolute Gasteiger partial charge is 0.260 e. The summed E-state index contributed by atoms with van der Waals surface area (Å²) in [5.74, 6) is 0.500. The fourth-order valence-electron chi connectivity index (χ4n) is 2.92. The second-order valence-electron chi connectivity index (χ2n) is 6.55. The van der Waals surface area contributed by atoms with Crippen molar-refractivity contribution in [2.45, 2.75) is 46.1 Å². The van der Waals surface area contributed by atoms with E-state index >= 15 is 0 Å². The number of nitrogens with one attached hydrogen (secondary N) is 1. The zero-order chi connectivity index (χ0) is 19.2. The highest BCUT2D eigenvalue weighted by molar-refractivity contribution is 5.90. The van der Waals surface area contributed by atoms with Crippen molar-refractivity contribution in [3.05, 3.63) is 53.2 Å². The van der Waals surface area contributed by atoms with Gasteiger partial charge in [-0.05, 0) is 37.1 Å². The fraction of sp³-hybridized carbons (Fsp3) is 0.333. The molecule has 3 aromatic rings. The zero-order valence-corrected chi connectivity index (χ0v) is 15.7. The number of hydrogen-bond donors (Lipinski definition) is 1. The van der Waals surface area contributed by atoms with E-state index in [0.29, 0.717) is 29.7 Å². The predicted octanol–water partition coefficient (Wildman–Crippen LogP) is 4.00. The molecule has 0 bridgehead atoms. The van der Waals surface area contributed by atoms with Crippen molar-refractivity contribution in [2.75, 3.05) is 5.32 Å². The van der Waals surface area contributed by atoms with Crippen molar-refractivity contribution < 1.29 is 4.79 Å². The number of hydrogen-bond acceptors (Lipinski definition) is 4. The third kappa shape index (κ3) is 4.39. The van der Waals surface area contributed by atoms with Gasteiger partial charge in [-0.15, -0.1) is 0 Å². The maximum Gasteiger partial charge on any atom is 0.260 e. The lowest BCUT2D eigenvalue weighted by atomic mass is 10.1. The number of carbonyl (C=O) groups is 1. The van der Waals surface area contributed by atoms with Crippen LogP contribution in [0.5, 0.6) is 0 Å². The molecule has 3 aromatic heterocycles. The van der Waals surface area contributed by atoms with E-state index in [0.717, 1.165) is 30.4 Å². The molecule has 6 nitrogen and oxygen atoms in total. The van der Waals surface area contributed by atoms with Gasteiger partial charge < -0.3 is 9.88 Å². The van der Waals surface area contributed by atoms with E-state index in [1.807, 2.05) is 25.1 Å². The van der Waals surface area contributed by atoms with E-state index < -0.39 is 0 Å². The van der Waals surface area contributed by atoms with Gasteiger partial charge in [0.05, 0.1) is 10.9 Å². The number of anilines is 1. The number of carbonyl (C=O) groups excluding carboxylic acids is 1. The summed E-state index contributed by atoms with van der Waals surface area (Å²) in [5.41, 5.74) is 2.33. The van der Waals surface area contributed by atoms with E-state index in [1.165, 1.54) is 0 Å². The first kappa shape index (κ1) is 18.8. The maximum atomic E-state index is 12.6. The highest BCUT2D eigenvalue weighted by Gasteiger charge is 2.08. The van der Waals surface area contributed by atoms with Gasteiger partial charge in [0, 0.05) is 42.7 Å². The molecule has 1 amide bonds. The molecule has 6 heteroatoms. The molecule has 3 heterocycles. The molecule has 140 valence electrons. The largest absolute Gasteiger partial charge is 0.315 e. The van der Waals surface area contributed by atoms with E-state index in [-0.39, 0.29) is 11.5 Å². The minimum atomic E-state index is -0.0310. The van der Waals surface area contributed by atoms with Crippen LogP contribution < -0.4 is 10.9 Å². The van der Waals surface area contributed by atoms with Gasteiger partial charge in [-0.2, -0.15) is 0 Å². The minimum Gasteiger partial charge on any atom is -0.315 e. The van der Waals surface area contributed by atoms with Crippen molar-refractivity contribution in [2.24, 2.45) is 0 Å². The van der Waals surface area contributed by atoms with Gasteiger partial charge in [-0.25, -0.2) is 4.98 Å². The van der Waals surface area contributed by atoms with Gasteiger partial charge in [0.15, 0.2) is 0 Å². The second kappa shape index (κ2) is 8.58. The average Bonchev–Trinajstić information content (AvgIpc) is 2.69. The SMILES string of the molecule is CCCCC(=O)Nc1ccc(-c2cnc3ccn(CCC)c(=O)c3c2)cn1. The number of aromatic nitrogens is 3.